The third-order valence-corrected chi connectivity index (χ3v) is 3.80. The Labute approximate surface area is 157 Å². The molecule has 0 aliphatic carbocycles. The molecular weight excluding hydrogens is 348 g/mol. The van der Waals surface area contributed by atoms with Crippen molar-refractivity contribution in [3.63, 3.8) is 0 Å². The molecule has 0 radical (unpaired) electrons. The van der Waals surface area contributed by atoms with E-state index in [1.54, 1.807) is 37.4 Å². The lowest BCUT2D eigenvalue weighted by molar-refractivity contribution is -0.155. The highest BCUT2D eigenvalue weighted by atomic mass is 16.5. The molecule has 2 rings (SSSR count). The molecule has 0 saturated carbocycles. The lowest BCUT2D eigenvalue weighted by Crippen LogP contribution is -2.46. The Kier molecular flexibility index (Phi) is 7.37. The summed E-state index contributed by atoms with van der Waals surface area (Å²) < 4.78 is 10.3. The molecule has 7 nitrogen and oxygen atoms in total. The molecule has 27 heavy (non-hydrogen) atoms. The fourth-order valence-electron chi connectivity index (χ4n) is 2.34. The van der Waals surface area contributed by atoms with Gasteiger partial charge in [-0.15, -0.1) is 0 Å². The number of aryl methyl sites for hydroxylation is 1. The molecule has 0 unspecified atom stereocenters. The SMILES string of the molecule is COc1ccccc1CCC(=O)O[C@H](C)C(=O)NNC(=O)c1ccccc1. The minimum atomic E-state index is -1.04. The van der Waals surface area contributed by atoms with Crippen molar-refractivity contribution in [3.05, 3.63) is 65.7 Å². The number of methoxy groups -OCH3 is 1. The normalized spacial score (nSPS) is 11.2. The highest BCUT2D eigenvalue weighted by molar-refractivity contribution is 5.95. The minimum absolute atomic E-state index is 0.106. The van der Waals surface area contributed by atoms with Crippen LogP contribution in [0.15, 0.2) is 54.6 Å². The summed E-state index contributed by atoms with van der Waals surface area (Å²) in [6.07, 6.45) is -0.498. The molecule has 0 spiro atoms. The minimum Gasteiger partial charge on any atom is -0.496 e. The van der Waals surface area contributed by atoms with Crippen molar-refractivity contribution >= 4 is 17.8 Å². The summed E-state index contributed by atoms with van der Waals surface area (Å²) in [7, 11) is 1.56. The number of hydrazine groups is 1. The van der Waals surface area contributed by atoms with Crippen LogP contribution in [0.25, 0.3) is 0 Å². The molecule has 0 aromatic heterocycles. The second-order valence-corrected chi connectivity index (χ2v) is 5.75. The number of ether oxygens (including phenoxy) is 2. The zero-order valence-electron chi connectivity index (χ0n) is 15.2. The first-order valence-electron chi connectivity index (χ1n) is 8.48. The molecule has 0 saturated heterocycles. The van der Waals surface area contributed by atoms with Crippen molar-refractivity contribution in [3.8, 4) is 5.75 Å². The Hall–Kier alpha value is -3.35. The van der Waals surface area contributed by atoms with Crippen LogP contribution in [0.3, 0.4) is 0 Å². The van der Waals surface area contributed by atoms with Gasteiger partial charge in [0.05, 0.1) is 7.11 Å². The Morgan fingerprint density at radius 2 is 1.63 bits per heavy atom. The van der Waals surface area contributed by atoms with E-state index in [9.17, 15) is 14.4 Å². The predicted octanol–water partition coefficient (Wildman–Crippen LogP) is 2.02. The molecule has 2 aromatic carbocycles. The summed E-state index contributed by atoms with van der Waals surface area (Å²) in [6, 6.07) is 15.8. The van der Waals surface area contributed by atoms with E-state index < -0.39 is 23.9 Å². The molecule has 2 N–H and O–H groups in total. The fourth-order valence-corrected chi connectivity index (χ4v) is 2.34. The molecule has 0 bridgehead atoms. The predicted molar refractivity (Wildman–Crippen MR) is 98.9 cm³/mol. The van der Waals surface area contributed by atoms with Gasteiger partial charge in [-0.25, -0.2) is 0 Å². The average Bonchev–Trinajstić information content (AvgIpc) is 2.70. The molecule has 0 heterocycles. The summed E-state index contributed by atoms with van der Waals surface area (Å²) in [5.74, 6) is -0.902. The van der Waals surface area contributed by atoms with Gasteiger partial charge in [0.1, 0.15) is 5.75 Å². The van der Waals surface area contributed by atoms with Gasteiger partial charge in [0, 0.05) is 12.0 Å². The molecule has 7 heteroatoms. The van der Waals surface area contributed by atoms with Crippen LogP contribution >= 0.6 is 0 Å². The van der Waals surface area contributed by atoms with E-state index in [0.29, 0.717) is 17.7 Å². The van der Waals surface area contributed by atoms with E-state index in [-0.39, 0.29) is 6.42 Å². The lowest BCUT2D eigenvalue weighted by Gasteiger charge is -2.14. The quantitative estimate of drug-likeness (QED) is 0.574. The van der Waals surface area contributed by atoms with Crippen LogP contribution in [0, 0.1) is 0 Å². The van der Waals surface area contributed by atoms with Crippen molar-refractivity contribution in [2.45, 2.75) is 25.9 Å². The number of hydrogen-bond acceptors (Lipinski definition) is 5. The van der Waals surface area contributed by atoms with E-state index in [1.165, 1.54) is 6.92 Å². The van der Waals surface area contributed by atoms with Gasteiger partial charge < -0.3 is 9.47 Å². The first kappa shape index (κ1) is 20.0. The summed E-state index contributed by atoms with van der Waals surface area (Å²) in [5, 5.41) is 0. The molecule has 1 atom stereocenters. The number of carbonyl (C=O) groups is 3. The van der Waals surface area contributed by atoms with Gasteiger partial charge in [-0.1, -0.05) is 36.4 Å². The number of para-hydroxylation sites is 1. The van der Waals surface area contributed by atoms with Gasteiger partial charge in [0.25, 0.3) is 11.8 Å². The van der Waals surface area contributed by atoms with Crippen LogP contribution in [-0.4, -0.2) is 31.0 Å². The van der Waals surface area contributed by atoms with E-state index >= 15 is 0 Å². The molecule has 0 aliphatic rings. The number of nitrogens with one attached hydrogen (secondary N) is 2. The summed E-state index contributed by atoms with van der Waals surface area (Å²) in [4.78, 5) is 35.8. The van der Waals surface area contributed by atoms with Crippen LogP contribution in [0.4, 0.5) is 0 Å². The maximum atomic E-state index is 12.0. The molecule has 142 valence electrons. The molecule has 0 fully saturated rings. The van der Waals surface area contributed by atoms with Crippen LogP contribution in [-0.2, 0) is 20.7 Å². The van der Waals surface area contributed by atoms with Crippen molar-refractivity contribution in [2.24, 2.45) is 0 Å². The Bertz CT molecular complexity index is 792. The zero-order chi connectivity index (χ0) is 19.6. The maximum Gasteiger partial charge on any atom is 0.306 e. The maximum absolute atomic E-state index is 12.0. The number of esters is 1. The number of amides is 2. The van der Waals surface area contributed by atoms with Gasteiger partial charge in [-0.2, -0.15) is 0 Å². The standard InChI is InChI=1S/C20H22N2O5/c1-14(19(24)21-22-20(25)16-9-4-3-5-10-16)27-18(23)13-12-15-8-6-7-11-17(15)26-2/h3-11,14H,12-13H2,1-2H3,(H,21,24)(H,22,25)/t14-/m1/s1. The van der Waals surface area contributed by atoms with Crippen molar-refractivity contribution < 1.29 is 23.9 Å². The molecular formula is C20H22N2O5. The smallest absolute Gasteiger partial charge is 0.306 e. The highest BCUT2D eigenvalue weighted by Gasteiger charge is 2.18. The molecule has 0 aliphatic heterocycles. The zero-order valence-corrected chi connectivity index (χ0v) is 15.2. The van der Waals surface area contributed by atoms with Crippen molar-refractivity contribution in [1.29, 1.82) is 0 Å². The van der Waals surface area contributed by atoms with Crippen molar-refractivity contribution in [1.82, 2.24) is 10.9 Å². The summed E-state index contributed by atoms with van der Waals surface area (Å²) in [6.45, 7) is 1.44. The van der Waals surface area contributed by atoms with Crippen LogP contribution in [0.1, 0.15) is 29.3 Å². The topological polar surface area (TPSA) is 93.7 Å². The monoisotopic (exact) mass is 370 g/mol. The first-order chi connectivity index (χ1) is 13.0. The van der Waals surface area contributed by atoms with Gasteiger partial charge in [0.15, 0.2) is 6.10 Å². The number of carbonyl (C=O) groups excluding carboxylic acids is 3. The summed E-state index contributed by atoms with van der Waals surface area (Å²) >= 11 is 0. The van der Waals surface area contributed by atoms with Gasteiger partial charge >= 0.3 is 5.97 Å². The number of rotatable bonds is 7. The van der Waals surface area contributed by atoms with E-state index in [4.69, 9.17) is 9.47 Å². The first-order valence-corrected chi connectivity index (χ1v) is 8.48. The van der Waals surface area contributed by atoms with E-state index in [1.807, 2.05) is 24.3 Å². The van der Waals surface area contributed by atoms with E-state index in [2.05, 4.69) is 10.9 Å². The van der Waals surface area contributed by atoms with Crippen molar-refractivity contribution in [2.75, 3.05) is 7.11 Å². The Morgan fingerprint density at radius 3 is 2.33 bits per heavy atom. The highest BCUT2D eigenvalue weighted by Crippen LogP contribution is 2.19. The summed E-state index contributed by atoms with van der Waals surface area (Å²) in [5.41, 5.74) is 5.80. The van der Waals surface area contributed by atoms with Gasteiger partial charge in [-0.3, -0.25) is 25.2 Å². The third kappa shape index (κ3) is 6.14. The Balaban J connectivity index is 1.76. The fraction of sp³-hybridized carbons (Fsp3) is 0.250. The third-order valence-electron chi connectivity index (χ3n) is 3.80. The van der Waals surface area contributed by atoms with Crippen LogP contribution < -0.4 is 15.6 Å². The average molecular weight is 370 g/mol. The van der Waals surface area contributed by atoms with Crippen LogP contribution in [0.5, 0.6) is 5.75 Å². The van der Waals surface area contributed by atoms with E-state index in [0.717, 1.165) is 5.56 Å². The Morgan fingerprint density at radius 1 is 0.963 bits per heavy atom. The largest absolute Gasteiger partial charge is 0.496 e. The second-order valence-electron chi connectivity index (χ2n) is 5.75. The van der Waals surface area contributed by atoms with Gasteiger partial charge in [0.2, 0.25) is 0 Å². The second kappa shape index (κ2) is 9.96. The molecule has 2 aromatic rings. The van der Waals surface area contributed by atoms with Crippen LogP contribution in [0.2, 0.25) is 0 Å². The number of benzene rings is 2. The lowest BCUT2D eigenvalue weighted by atomic mass is 10.1. The molecule has 2 amide bonds. The van der Waals surface area contributed by atoms with Gasteiger partial charge in [-0.05, 0) is 37.1 Å². The number of hydrogen-bond donors (Lipinski definition) is 2.